The molecule has 0 spiro atoms. The molecule has 0 aliphatic carbocycles. The maximum atomic E-state index is 6.38. The second-order valence-electron chi connectivity index (χ2n) is 7.08. The third-order valence-corrected chi connectivity index (χ3v) is 4.85. The van der Waals surface area contributed by atoms with Crippen LogP contribution in [0.5, 0.6) is 11.5 Å². The number of aromatic nitrogens is 2. The molecule has 29 heavy (non-hydrogen) atoms. The average molecular weight is 420 g/mol. The number of rotatable bonds is 7. The number of benzene rings is 1. The highest BCUT2D eigenvalue weighted by Gasteiger charge is 2.15. The number of nitrogens with zero attached hydrogens (tertiary/aromatic N) is 3. The van der Waals surface area contributed by atoms with Gasteiger partial charge in [-0.05, 0) is 51.0 Å². The fraction of sp³-hybridized carbons (Fsp3) is 0.524. The van der Waals surface area contributed by atoms with Crippen molar-refractivity contribution in [3.05, 3.63) is 40.2 Å². The molecule has 1 aliphatic heterocycles. The van der Waals surface area contributed by atoms with Crippen molar-refractivity contribution in [3.63, 3.8) is 0 Å². The average Bonchev–Trinajstić information content (AvgIpc) is 2.87. The van der Waals surface area contributed by atoms with Crippen LogP contribution in [0.1, 0.15) is 36.7 Å². The minimum absolute atomic E-state index is 0.503. The number of aliphatic imine (C=N–C) groups is 1. The van der Waals surface area contributed by atoms with E-state index in [2.05, 4.69) is 40.6 Å². The second kappa shape index (κ2) is 10.4. The number of hydrogen-bond acceptors (Lipinski definition) is 4. The Bertz CT molecular complexity index is 850. The zero-order valence-electron chi connectivity index (χ0n) is 17.4. The molecule has 2 heterocycles. The third-order valence-electron chi connectivity index (χ3n) is 4.57. The van der Waals surface area contributed by atoms with Crippen LogP contribution in [0, 0.1) is 13.8 Å². The second-order valence-corrected chi connectivity index (χ2v) is 7.49. The summed E-state index contributed by atoms with van der Waals surface area (Å²) in [7, 11) is 0. The van der Waals surface area contributed by atoms with E-state index in [9.17, 15) is 0 Å². The number of nitrogens with one attached hydrogen (secondary N) is 2. The van der Waals surface area contributed by atoms with Gasteiger partial charge >= 0.3 is 0 Å². The summed E-state index contributed by atoms with van der Waals surface area (Å²) in [6.45, 7) is 10.4. The molecule has 2 N–H and O–H groups in total. The fourth-order valence-corrected chi connectivity index (χ4v) is 3.51. The van der Waals surface area contributed by atoms with E-state index >= 15 is 0 Å². The van der Waals surface area contributed by atoms with Crippen molar-refractivity contribution in [3.8, 4) is 11.5 Å². The van der Waals surface area contributed by atoms with Gasteiger partial charge in [0, 0.05) is 31.7 Å². The maximum Gasteiger partial charge on any atom is 0.191 e. The van der Waals surface area contributed by atoms with E-state index in [1.807, 2.05) is 23.7 Å². The molecule has 0 radical (unpaired) electrons. The van der Waals surface area contributed by atoms with Gasteiger partial charge in [-0.1, -0.05) is 11.6 Å². The lowest BCUT2D eigenvalue weighted by molar-refractivity contribution is 0.297. The van der Waals surface area contributed by atoms with Crippen molar-refractivity contribution < 1.29 is 9.47 Å². The highest BCUT2D eigenvalue weighted by Crippen LogP contribution is 2.38. The van der Waals surface area contributed by atoms with Gasteiger partial charge in [0.25, 0.3) is 0 Å². The third kappa shape index (κ3) is 6.03. The highest BCUT2D eigenvalue weighted by molar-refractivity contribution is 6.32. The van der Waals surface area contributed by atoms with E-state index in [0.29, 0.717) is 36.3 Å². The molecule has 0 saturated carbocycles. The topological polar surface area (TPSA) is 72.7 Å². The summed E-state index contributed by atoms with van der Waals surface area (Å²) in [6, 6.07) is 5.95. The molecule has 2 aromatic rings. The van der Waals surface area contributed by atoms with Gasteiger partial charge in [-0.15, -0.1) is 0 Å². The molecule has 0 unspecified atom stereocenters. The molecule has 3 rings (SSSR count). The molecule has 1 aromatic heterocycles. The van der Waals surface area contributed by atoms with Crippen molar-refractivity contribution >= 4 is 17.6 Å². The minimum atomic E-state index is 0.503. The van der Waals surface area contributed by atoms with Crippen LogP contribution >= 0.6 is 11.6 Å². The van der Waals surface area contributed by atoms with Crippen molar-refractivity contribution in [2.24, 2.45) is 4.99 Å². The van der Waals surface area contributed by atoms with Crippen molar-refractivity contribution in [1.29, 1.82) is 0 Å². The number of hydrogen-bond donors (Lipinski definition) is 2. The van der Waals surface area contributed by atoms with Gasteiger partial charge in [-0.3, -0.25) is 4.68 Å². The van der Waals surface area contributed by atoms with E-state index in [4.69, 9.17) is 21.1 Å². The summed E-state index contributed by atoms with van der Waals surface area (Å²) in [5, 5.41) is 11.7. The van der Waals surface area contributed by atoms with E-state index in [1.54, 1.807) is 0 Å². The summed E-state index contributed by atoms with van der Waals surface area (Å²) in [5.74, 6) is 2.11. The molecule has 0 saturated heterocycles. The standard InChI is InChI=1S/C21H30ClN5O2/c1-4-23-21(24-7-5-8-27-16(3)11-15(2)26-27)25-14-17-12-18(22)20-19(13-17)28-9-6-10-29-20/h11-13H,4-10,14H2,1-3H3,(H2,23,24,25). The molecule has 158 valence electrons. The van der Waals surface area contributed by atoms with Crippen molar-refractivity contribution in [1.82, 2.24) is 20.4 Å². The Labute approximate surface area is 177 Å². The lowest BCUT2D eigenvalue weighted by Crippen LogP contribution is -2.38. The first kappa shape index (κ1) is 21.3. The Morgan fingerprint density at radius 3 is 2.79 bits per heavy atom. The summed E-state index contributed by atoms with van der Waals surface area (Å²) in [4.78, 5) is 4.68. The lowest BCUT2D eigenvalue weighted by atomic mass is 10.2. The molecular formula is C21H30ClN5O2. The quantitative estimate of drug-likeness (QED) is 0.408. The monoisotopic (exact) mass is 419 g/mol. The molecular weight excluding hydrogens is 390 g/mol. The first-order chi connectivity index (χ1) is 14.1. The zero-order chi connectivity index (χ0) is 20.6. The molecule has 7 nitrogen and oxygen atoms in total. The van der Waals surface area contributed by atoms with E-state index in [-0.39, 0.29) is 0 Å². The van der Waals surface area contributed by atoms with Crippen LogP contribution < -0.4 is 20.1 Å². The van der Waals surface area contributed by atoms with Gasteiger partial charge in [0.05, 0.1) is 30.5 Å². The molecule has 0 fully saturated rings. The van der Waals surface area contributed by atoms with Crippen LogP contribution in [0.3, 0.4) is 0 Å². The maximum absolute atomic E-state index is 6.38. The molecule has 1 aromatic carbocycles. The SMILES string of the molecule is CCNC(=NCc1cc(Cl)c2c(c1)OCCCO2)NCCCn1nc(C)cc1C. The van der Waals surface area contributed by atoms with Crippen LogP contribution in [0.4, 0.5) is 0 Å². The minimum Gasteiger partial charge on any atom is -0.489 e. The Balaban J connectivity index is 1.56. The Morgan fingerprint density at radius 1 is 1.21 bits per heavy atom. The molecule has 1 aliphatic rings. The van der Waals surface area contributed by atoms with Crippen LogP contribution in [-0.2, 0) is 13.1 Å². The fourth-order valence-electron chi connectivity index (χ4n) is 3.22. The zero-order valence-corrected chi connectivity index (χ0v) is 18.2. The Hall–Kier alpha value is -2.41. The number of guanidine groups is 1. The van der Waals surface area contributed by atoms with E-state index in [1.165, 1.54) is 5.69 Å². The van der Waals surface area contributed by atoms with Crippen LogP contribution in [-0.4, -0.2) is 42.0 Å². The van der Waals surface area contributed by atoms with Crippen LogP contribution in [0.2, 0.25) is 5.02 Å². The van der Waals surface area contributed by atoms with Crippen molar-refractivity contribution in [2.45, 2.75) is 46.7 Å². The predicted molar refractivity (Wildman–Crippen MR) is 116 cm³/mol. The van der Waals surface area contributed by atoms with Crippen molar-refractivity contribution in [2.75, 3.05) is 26.3 Å². The summed E-state index contributed by atoms with van der Waals surface area (Å²) < 4.78 is 13.5. The first-order valence-electron chi connectivity index (χ1n) is 10.2. The Morgan fingerprint density at radius 2 is 2.03 bits per heavy atom. The summed E-state index contributed by atoms with van der Waals surface area (Å²) in [5.41, 5.74) is 3.23. The van der Waals surface area contributed by atoms with E-state index < -0.39 is 0 Å². The highest BCUT2D eigenvalue weighted by atomic mass is 35.5. The molecule has 0 amide bonds. The van der Waals surface area contributed by atoms with Crippen LogP contribution in [0.25, 0.3) is 0 Å². The molecule has 8 heteroatoms. The predicted octanol–water partition coefficient (Wildman–Crippen LogP) is 3.46. The molecule has 0 atom stereocenters. The van der Waals surface area contributed by atoms with Gasteiger partial charge in [0.1, 0.15) is 0 Å². The van der Waals surface area contributed by atoms with Gasteiger partial charge < -0.3 is 20.1 Å². The van der Waals surface area contributed by atoms with Gasteiger partial charge in [-0.25, -0.2) is 4.99 Å². The number of fused-ring (bicyclic) bond motifs is 1. The normalized spacial score (nSPS) is 13.9. The largest absolute Gasteiger partial charge is 0.489 e. The Kier molecular flexibility index (Phi) is 7.63. The number of ether oxygens (including phenoxy) is 2. The smallest absolute Gasteiger partial charge is 0.191 e. The van der Waals surface area contributed by atoms with Crippen LogP contribution in [0.15, 0.2) is 23.2 Å². The van der Waals surface area contributed by atoms with E-state index in [0.717, 1.165) is 49.7 Å². The summed E-state index contributed by atoms with van der Waals surface area (Å²) in [6.07, 6.45) is 1.81. The number of aryl methyl sites for hydroxylation is 3. The van der Waals surface area contributed by atoms with Gasteiger partial charge in [0.2, 0.25) is 0 Å². The van der Waals surface area contributed by atoms with Gasteiger partial charge in [0.15, 0.2) is 17.5 Å². The molecule has 0 bridgehead atoms. The lowest BCUT2D eigenvalue weighted by Gasteiger charge is -2.13. The first-order valence-corrected chi connectivity index (χ1v) is 10.6. The van der Waals surface area contributed by atoms with Gasteiger partial charge in [-0.2, -0.15) is 5.10 Å². The number of halogens is 1. The summed E-state index contributed by atoms with van der Waals surface area (Å²) >= 11 is 6.38.